The quantitative estimate of drug-likeness (QED) is 0.746. The molecule has 6 heteroatoms. The topological polar surface area (TPSA) is 58.1 Å². The standard InChI is InChI=1S/C14H24ClN3O2/c1-4-7-11-12(15)16-14(20)18(13(11)19)10-9-17(6-3)8-5-2/h4-10H2,1-3H3,(H,16,20). The number of nitrogens with zero attached hydrogens (tertiary/aromatic N) is 2. The molecular formula is C14H24ClN3O2. The Hall–Kier alpha value is -1.07. The van der Waals surface area contributed by atoms with Crippen LogP contribution in [0.25, 0.3) is 0 Å². The van der Waals surface area contributed by atoms with Gasteiger partial charge in [-0.15, -0.1) is 0 Å². The van der Waals surface area contributed by atoms with Gasteiger partial charge in [0.25, 0.3) is 5.56 Å². The molecule has 5 nitrogen and oxygen atoms in total. The van der Waals surface area contributed by atoms with E-state index in [9.17, 15) is 9.59 Å². The average molecular weight is 302 g/mol. The normalized spacial score (nSPS) is 11.2. The van der Waals surface area contributed by atoms with Gasteiger partial charge in [0.05, 0.1) is 5.56 Å². The van der Waals surface area contributed by atoms with Gasteiger partial charge in [0.1, 0.15) is 5.15 Å². The van der Waals surface area contributed by atoms with E-state index >= 15 is 0 Å². The van der Waals surface area contributed by atoms with Crippen LogP contribution in [0.1, 0.15) is 39.2 Å². The predicted molar refractivity (Wildman–Crippen MR) is 82.7 cm³/mol. The minimum Gasteiger partial charge on any atom is -0.302 e. The largest absolute Gasteiger partial charge is 0.329 e. The molecule has 0 atom stereocenters. The average Bonchev–Trinajstić information content (AvgIpc) is 2.41. The summed E-state index contributed by atoms with van der Waals surface area (Å²) in [5.74, 6) is 0. The Balaban J connectivity index is 2.98. The van der Waals surface area contributed by atoms with Gasteiger partial charge in [-0.1, -0.05) is 38.8 Å². The molecule has 1 aromatic heterocycles. The van der Waals surface area contributed by atoms with Crippen LogP contribution < -0.4 is 11.2 Å². The summed E-state index contributed by atoms with van der Waals surface area (Å²) >= 11 is 5.95. The Bertz CT molecular complexity index is 536. The Morgan fingerprint density at radius 2 is 1.85 bits per heavy atom. The Morgan fingerprint density at radius 1 is 1.15 bits per heavy atom. The molecular weight excluding hydrogens is 278 g/mol. The fourth-order valence-corrected chi connectivity index (χ4v) is 2.50. The van der Waals surface area contributed by atoms with Gasteiger partial charge >= 0.3 is 5.69 Å². The maximum atomic E-state index is 12.3. The van der Waals surface area contributed by atoms with Crippen LogP contribution in [-0.2, 0) is 13.0 Å². The summed E-state index contributed by atoms with van der Waals surface area (Å²) in [6, 6.07) is 0. The second-order valence-electron chi connectivity index (χ2n) is 4.86. The SMILES string of the molecule is CCCc1c(Cl)[nH]c(=O)n(CCN(CC)CCC)c1=O. The van der Waals surface area contributed by atoms with Gasteiger partial charge in [-0.25, -0.2) is 4.79 Å². The highest BCUT2D eigenvalue weighted by molar-refractivity contribution is 6.30. The van der Waals surface area contributed by atoms with E-state index in [1.165, 1.54) is 4.57 Å². The smallest absolute Gasteiger partial charge is 0.302 e. The van der Waals surface area contributed by atoms with Crippen molar-refractivity contribution in [3.63, 3.8) is 0 Å². The van der Waals surface area contributed by atoms with Crippen LogP contribution in [0, 0.1) is 0 Å². The van der Waals surface area contributed by atoms with Crippen molar-refractivity contribution in [2.24, 2.45) is 0 Å². The lowest BCUT2D eigenvalue weighted by Gasteiger charge is -2.19. The molecule has 0 amide bonds. The predicted octanol–water partition coefficient (Wildman–Crippen LogP) is 1.87. The first-order valence-corrected chi connectivity index (χ1v) is 7.66. The second kappa shape index (κ2) is 8.27. The van der Waals surface area contributed by atoms with Crippen LogP contribution >= 0.6 is 11.6 Å². The summed E-state index contributed by atoms with van der Waals surface area (Å²) in [7, 11) is 0. The molecule has 0 aliphatic carbocycles. The molecule has 1 heterocycles. The summed E-state index contributed by atoms with van der Waals surface area (Å²) in [6.07, 6.45) is 2.46. The number of H-pyrrole nitrogens is 1. The van der Waals surface area contributed by atoms with Gasteiger partial charge in [-0.3, -0.25) is 14.3 Å². The zero-order valence-electron chi connectivity index (χ0n) is 12.5. The van der Waals surface area contributed by atoms with E-state index in [0.717, 1.165) is 25.9 Å². The fraction of sp³-hybridized carbons (Fsp3) is 0.714. The van der Waals surface area contributed by atoms with Gasteiger partial charge < -0.3 is 4.90 Å². The minimum atomic E-state index is -0.424. The maximum Gasteiger partial charge on any atom is 0.329 e. The zero-order chi connectivity index (χ0) is 15.1. The van der Waals surface area contributed by atoms with Gasteiger partial charge in [0.2, 0.25) is 0 Å². The molecule has 0 saturated carbocycles. The molecule has 20 heavy (non-hydrogen) atoms. The molecule has 0 unspecified atom stereocenters. The highest BCUT2D eigenvalue weighted by Crippen LogP contribution is 2.07. The summed E-state index contributed by atoms with van der Waals surface area (Å²) in [4.78, 5) is 29.0. The van der Waals surface area contributed by atoms with Crippen molar-refractivity contribution in [1.29, 1.82) is 0 Å². The van der Waals surface area contributed by atoms with Crippen molar-refractivity contribution in [2.75, 3.05) is 19.6 Å². The second-order valence-corrected chi connectivity index (χ2v) is 5.24. The van der Waals surface area contributed by atoms with Gasteiger partial charge in [0.15, 0.2) is 0 Å². The first-order chi connectivity index (χ1) is 9.54. The molecule has 0 fully saturated rings. The maximum absolute atomic E-state index is 12.3. The minimum absolute atomic E-state index is 0.180. The molecule has 0 radical (unpaired) electrons. The number of halogens is 1. The molecule has 0 spiro atoms. The van der Waals surface area contributed by atoms with E-state index in [1.807, 2.05) is 6.92 Å². The Kier molecular flexibility index (Phi) is 7.02. The summed E-state index contributed by atoms with van der Waals surface area (Å²) < 4.78 is 1.26. The van der Waals surface area contributed by atoms with Crippen LogP contribution in [0.15, 0.2) is 9.59 Å². The van der Waals surface area contributed by atoms with Gasteiger partial charge in [0, 0.05) is 13.1 Å². The highest BCUT2D eigenvalue weighted by Gasteiger charge is 2.12. The van der Waals surface area contributed by atoms with Crippen molar-refractivity contribution < 1.29 is 0 Å². The number of hydrogen-bond acceptors (Lipinski definition) is 3. The van der Waals surface area contributed by atoms with Gasteiger partial charge in [-0.2, -0.15) is 0 Å². The number of likely N-dealkylation sites (N-methyl/N-ethyl adjacent to an activating group) is 1. The molecule has 0 saturated heterocycles. The lowest BCUT2D eigenvalue weighted by molar-refractivity contribution is 0.273. The molecule has 0 aromatic carbocycles. The molecule has 1 rings (SSSR count). The van der Waals surface area contributed by atoms with Crippen molar-refractivity contribution in [1.82, 2.24) is 14.5 Å². The number of nitrogens with one attached hydrogen (secondary N) is 1. The first-order valence-electron chi connectivity index (χ1n) is 7.28. The monoisotopic (exact) mass is 301 g/mol. The van der Waals surface area contributed by atoms with Crippen molar-refractivity contribution >= 4 is 11.6 Å². The van der Waals surface area contributed by atoms with E-state index in [0.29, 0.717) is 25.1 Å². The number of hydrogen-bond donors (Lipinski definition) is 1. The Morgan fingerprint density at radius 3 is 2.40 bits per heavy atom. The molecule has 0 aliphatic heterocycles. The van der Waals surface area contributed by atoms with E-state index in [1.54, 1.807) is 0 Å². The van der Waals surface area contributed by atoms with Crippen LogP contribution in [0.5, 0.6) is 0 Å². The lowest BCUT2D eigenvalue weighted by Crippen LogP contribution is -2.41. The van der Waals surface area contributed by atoms with Gasteiger partial charge in [-0.05, 0) is 25.9 Å². The third-order valence-corrected chi connectivity index (χ3v) is 3.68. The van der Waals surface area contributed by atoms with Crippen molar-refractivity contribution in [3.05, 3.63) is 31.6 Å². The van der Waals surface area contributed by atoms with Crippen LogP contribution in [-0.4, -0.2) is 34.1 Å². The van der Waals surface area contributed by atoms with Crippen molar-refractivity contribution in [3.8, 4) is 0 Å². The fourth-order valence-electron chi connectivity index (χ4n) is 2.24. The molecule has 0 bridgehead atoms. The molecule has 1 N–H and O–H groups in total. The zero-order valence-corrected chi connectivity index (χ0v) is 13.3. The van der Waals surface area contributed by atoms with Crippen LogP contribution in [0.4, 0.5) is 0 Å². The molecule has 1 aromatic rings. The van der Waals surface area contributed by atoms with E-state index in [4.69, 9.17) is 11.6 Å². The molecule has 0 aliphatic rings. The van der Waals surface area contributed by atoms with E-state index < -0.39 is 5.69 Å². The van der Waals surface area contributed by atoms with Crippen LogP contribution in [0.2, 0.25) is 5.15 Å². The third-order valence-electron chi connectivity index (χ3n) is 3.36. The van der Waals surface area contributed by atoms with Crippen molar-refractivity contribution in [2.45, 2.75) is 46.6 Å². The summed E-state index contributed by atoms with van der Waals surface area (Å²) in [6.45, 7) is 9.15. The summed E-state index contributed by atoms with van der Waals surface area (Å²) in [5, 5.41) is 0.180. The van der Waals surface area contributed by atoms with E-state index in [-0.39, 0.29) is 10.7 Å². The van der Waals surface area contributed by atoms with E-state index in [2.05, 4.69) is 23.7 Å². The number of aromatic amines is 1. The first kappa shape index (κ1) is 17.0. The lowest BCUT2D eigenvalue weighted by atomic mass is 10.2. The third kappa shape index (κ3) is 4.21. The Labute approximate surface area is 124 Å². The highest BCUT2D eigenvalue weighted by atomic mass is 35.5. The summed E-state index contributed by atoms with van der Waals surface area (Å²) in [5.41, 5.74) is -0.173. The number of aromatic nitrogens is 2. The molecule has 114 valence electrons. The van der Waals surface area contributed by atoms with Crippen LogP contribution in [0.3, 0.4) is 0 Å². The number of rotatable bonds is 8.